The molecule has 118 valence electrons. The summed E-state index contributed by atoms with van der Waals surface area (Å²) in [6.45, 7) is 3.56. The second kappa shape index (κ2) is 6.13. The summed E-state index contributed by atoms with van der Waals surface area (Å²) >= 11 is 0. The number of aromatic amines is 1. The lowest BCUT2D eigenvalue weighted by atomic mass is 10.00. The van der Waals surface area contributed by atoms with Gasteiger partial charge in [0.2, 0.25) is 0 Å². The zero-order valence-corrected chi connectivity index (χ0v) is 13.7. The molecule has 2 aromatic rings. The van der Waals surface area contributed by atoms with Gasteiger partial charge in [0.15, 0.2) is 0 Å². The summed E-state index contributed by atoms with van der Waals surface area (Å²) in [5.74, 6) is 0.708. The van der Waals surface area contributed by atoms with Crippen molar-refractivity contribution < 1.29 is 9.84 Å². The second-order valence-electron chi connectivity index (χ2n) is 5.41. The van der Waals surface area contributed by atoms with Gasteiger partial charge in [-0.05, 0) is 25.5 Å². The molecule has 5 nitrogen and oxygen atoms in total. The third kappa shape index (κ3) is 2.66. The van der Waals surface area contributed by atoms with Crippen molar-refractivity contribution in [2.75, 3.05) is 26.1 Å². The van der Waals surface area contributed by atoms with Crippen LogP contribution < -0.4 is 15.2 Å². The van der Waals surface area contributed by atoms with Gasteiger partial charge in [-0.25, -0.2) is 0 Å². The maximum atomic E-state index is 12.0. The van der Waals surface area contributed by atoms with Crippen LogP contribution in [0.5, 0.6) is 11.5 Å². The molecule has 0 radical (unpaired) electrons. The zero-order valence-electron chi connectivity index (χ0n) is 13.7. The van der Waals surface area contributed by atoms with Gasteiger partial charge in [0, 0.05) is 37.0 Å². The SMILES string of the molecule is CCc1c(-c2ccc(N(C)C)cc2OC)[nH]c(=O)c(C)c1O. The van der Waals surface area contributed by atoms with Crippen LogP contribution in [0, 0.1) is 6.92 Å². The Balaban J connectivity index is 2.74. The van der Waals surface area contributed by atoms with E-state index in [0.29, 0.717) is 29.0 Å². The van der Waals surface area contributed by atoms with Gasteiger partial charge < -0.3 is 19.7 Å². The molecule has 0 saturated heterocycles. The molecule has 1 heterocycles. The number of aromatic nitrogens is 1. The highest BCUT2D eigenvalue weighted by Crippen LogP contribution is 2.36. The van der Waals surface area contributed by atoms with Crippen LogP contribution in [0.2, 0.25) is 0 Å². The standard InChI is InChI=1S/C17H22N2O3/c1-6-12-15(18-17(21)10(2)16(12)20)13-8-7-11(19(3)4)9-14(13)22-5/h7-9H,6H2,1-5H3,(H2,18,20,21). The van der Waals surface area contributed by atoms with E-state index in [0.717, 1.165) is 11.3 Å². The Kier molecular flexibility index (Phi) is 4.45. The van der Waals surface area contributed by atoms with Crippen molar-refractivity contribution >= 4 is 5.69 Å². The Labute approximate surface area is 130 Å². The highest BCUT2D eigenvalue weighted by atomic mass is 16.5. The van der Waals surface area contributed by atoms with Crippen molar-refractivity contribution in [1.29, 1.82) is 0 Å². The first-order chi connectivity index (χ1) is 10.4. The fourth-order valence-electron chi connectivity index (χ4n) is 2.47. The van der Waals surface area contributed by atoms with E-state index >= 15 is 0 Å². The summed E-state index contributed by atoms with van der Waals surface area (Å²) < 4.78 is 5.47. The number of H-pyrrole nitrogens is 1. The third-order valence-corrected chi connectivity index (χ3v) is 3.85. The van der Waals surface area contributed by atoms with Crippen molar-refractivity contribution in [3.63, 3.8) is 0 Å². The molecular weight excluding hydrogens is 280 g/mol. The molecule has 0 aliphatic carbocycles. The minimum Gasteiger partial charge on any atom is -0.507 e. The van der Waals surface area contributed by atoms with E-state index in [-0.39, 0.29) is 11.3 Å². The van der Waals surface area contributed by atoms with E-state index in [2.05, 4.69) is 4.98 Å². The van der Waals surface area contributed by atoms with Gasteiger partial charge in [0.25, 0.3) is 5.56 Å². The first-order valence-corrected chi connectivity index (χ1v) is 7.21. The summed E-state index contributed by atoms with van der Waals surface area (Å²) in [4.78, 5) is 16.9. The smallest absolute Gasteiger partial charge is 0.255 e. The number of pyridine rings is 1. The highest BCUT2D eigenvalue weighted by Gasteiger charge is 2.17. The molecule has 0 spiro atoms. The molecule has 5 heteroatoms. The molecule has 1 aromatic heterocycles. The fraction of sp³-hybridized carbons (Fsp3) is 0.353. The van der Waals surface area contributed by atoms with Crippen LogP contribution in [0.3, 0.4) is 0 Å². The average Bonchev–Trinajstić information content (AvgIpc) is 2.51. The molecule has 0 bridgehead atoms. The predicted octanol–water partition coefficient (Wildman–Crippen LogP) is 2.69. The zero-order chi connectivity index (χ0) is 16.4. The van der Waals surface area contributed by atoms with Crippen LogP contribution in [0.1, 0.15) is 18.1 Å². The molecule has 22 heavy (non-hydrogen) atoms. The topological polar surface area (TPSA) is 65.6 Å². The fourth-order valence-corrected chi connectivity index (χ4v) is 2.47. The maximum absolute atomic E-state index is 12.0. The molecule has 2 N–H and O–H groups in total. The van der Waals surface area contributed by atoms with Crippen LogP contribution in [0.4, 0.5) is 5.69 Å². The van der Waals surface area contributed by atoms with Gasteiger partial charge in [-0.2, -0.15) is 0 Å². The molecular formula is C17H22N2O3. The van der Waals surface area contributed by atoms with Crippen LogP contribution in [0.25, 0.3) is 11.3 Å². The number of nitrogens with one attached hydrogen (secondary N) is 1. The van der Waals surface area contributed by atoms with E-state index in [1.54, 1.807) is 14.0 Å². The van der Waals surface area contributed by atoms with Crippen molar-refractivity contribution in [3.05, 3.63) is 39.7 Å². The number of anilines is 1. The van der Waals surface area contributed by atoms with E-state index in [9.17, 15) is 9.90 Å². The lowest BCUT2D eigenvalue weighted by Gasteiger charge is -2.18. The second-order valence-corrected chi connectivity index (χ2v) is 5.41. The summed E-state index contributed by atoms with van der Waals surface area (Å²) in [5.41, 5.74) is 3.13. The number of hydrogen-bond acceptors (Lipinski definition) is 4. The quantitative estimate of drug-likeness (QED) is 0.911. The minimum atomic E-state index is -0.288. The van der Waals surface area contributed by atoms with Gasteiger partial charge in [-0.1, -0.05) is 6.92 Å². The van der Waals surface area contributed by atoms with Crippen LogP contribution in [0.15, 0.2) is 23.0 Å². The minimum absolute atomic E-state index is 0.0555. The Morgan fingerprint density at radius 1 is 1.32 bits per heavy atom. The van der Waals surface area contributed by atoms with Gasteiger partial charge in [-0.3, -0.25) is 4.79 Å². The van der Waals surface area contributed by atoms with Gasteiger partial charge in [0.1, 0.15) is 11.5 Å². The van der Waals surface area contributed by atoms with Crippen molar-refractivity contribution in [1.82, 2.24) is 4.98 Å². The number of nitrogens with zero attached hydrogens (tertiary/aromatic N) is 1. The maximum Gasteiger partial charge on any atom is 0.255 e. The summed E-state index contributed by atoms with van der Waals surface area (Å²) in [6, 6.07) is 5.75. The Bertz CT molecular complexity index is 748. The number of benzene rings is 1. The summed E-state index contributed by atoms with van der Waals surface area (Å²) in [6.07, 6.45) is 0.609. The molecule has 0 saturated carbocycles. The number of methoxy groups -OCH3 is 1. The Morgan fingerprint density at radius 2 is 2.00 bits per heavy atom. The molecule has 0 unspecified atom stereocenters. The van der Waals surface area contributed by atoms with Crippen LogP contribution in [-0.2, 0) is 6.42 Å². The van der Waals surface area contributed by atoms with Crippen molar-refractivity contribution in [2.24, 2.45) is 0 Å². The monoisotopic (exact) mass is 302 g/mol. The van der Waals surface area contributed by atoms with E-state index < -0.39 is 0 Å². The molecule has 2 rings (SSSR count). The Morgan fingerprint density at radius 3 is 2.55 bits per heavy atom. The van der Waals surface area contributed by atoms with Crippen molar-refractivity contribution in [2.45, 2.75) is 20.3 Å². The van der Waals surface area contributed by atoms with E-state index in [1.165, 1.54) is 0 Å². The van der Waals surface area contributed by atoms with E-state index in [1.807, 2.05) is 44.1 Å². The van der Waals surface area contributed by atoms with Crippen molar-refractivity contribution in [3.8, 4) is 22.8 Å². The molecule has 0 aliphatic heterocycles. The lowest BCUT2D eigenvalue weighted by molar-refractivity contribution is 0.416. The number of ether oxygens (including phenoxy) is 1. The average molecular weight is 302 g/mol. The number of rotatable bonds is 4. The van der Waals surface area contributed by atoms with Gasteiger partial charge in [-0.15, -0.1) is 0 Å². The number of hydrogen-bond donors (Lipinski definition) is 2. The van der Waals surface area contributed by atoms with Crippen LogP contribution in [-0.4, -0.2) is 31.3 Å². The van der Waals surface area contributed by atoms with E-state index in [4.69, 9.17) is 4.74 Å². The third-order valence-electron chi connectivity index (χ3n) is 3.85. The van der Waals surface area contributed by atoms with Gasteiger partial charge in [0.05, 0.1) is 18.4 Å². The van der Waals surface area contributed by atoms with Crippen LogP contribution >= 0.6 is 0 Å². The first-order valence-electron chi connectivity index (χ1n) is 7.21. The predicted molar refractivity (Wildman–Crippen MR) is 89.2 cm³/mol. The highest BCUT2D eigenvalue weighted by molar-refractivity contribution is 5.75. The summed E-state index contributed by atoms with van der Waals surface area (Å²) in [7, 11) is 5.49. The number of aromatic hydroxyl groups is 1. The molecule has 0 atom stereocenters. The largest absolute Gasteiger partial charge is 0.507 e. The molecule has 0 aliphatic rings. The van der Waals surface area contributed by atoms with Gasteiger partial charge >= 0.3 is 0 Å². The normalized spacial score (nSPS) is 10.6. The lowest BCUT2D eigenvalue weighted by Crippen LogP contribution is -2.13. The molecule has 0 amide bonds. The molecule has 1 aromatic carbocycles. The molecule has 0 fully saturated rings. The summed E-state index contributed by atoms with van der Waals surface area (Å²) in [5, 5.41) is 10.3. The first kappa shape index (κ1) is 15.9. The Hall–Kier alpha value is -2.43.